The molecule has 1 aliphatic heterocycles. The number of thioether (sulfide) groups is 1. The first-order chi connectivity index (χ1) is 6.60. The number of carbonyl (C=O) groups is 1. The van der Waals surface area contributed by atoms with Crippen LogP contribution in [-0.4, -0.2) is 24.0 Å². The van der Waals surface area contributed by atoms with Crippen molar-refractivity contribution in [3.63, 3.8) is 0 Å². The summed E-state index contributed by atoms with van der Waals surface area (Å²) in [7, 11) is -1.34. The average Bonchev–Trinajstić information content (AvgIpc) is 1.99. The molecule has 1 saturated heterocycles. The number of Topliss-reactive ketones (excluding diaryl/α,β-unsaturated/α-hetero) is 1. The second-order valence-corrected chi connectivity index (χ2v) is 13.8. The van der Waals surface area contributed by atoms with Crippen LogP contribution in [0.3, 0.4) is 0 Å². The standard InChI is InChI=1S/C12H24OSSi/c1-11(2,3)12(15(4,5)6)9-10(13)7-8-14-12/h7-9H2,1-6H3. The highest BCUT2D eigenvalue weighted by Gasteiger charge is 2.54. The van der Waals surface area contributed by atoms with Gasteiger partial charge in [-0.3, -0.25) is 4.79 Å². The normalized spacial score (nSPS) is 29.3. The highest BCUT2D eigenvalue weighted by atomic mass is 32.2. The van der Waals surface area contributed by atoms with E-state index in [0.717, 1.165) is 18.6 Å². The third-order valence-electron chi connectivity index (χ3n) is 3.60. The molecule has 0 aromatic rings. The molecule has 88 valence electrons. The van der Waals surface area contributed by atoms with E-state index < -0.39 is 8.07 Å². The van der Waals surface area contributed by atoms with Crippen LogP contribution in [0.4, 0.5) is 0 Å². The molecule has 1 fully saturated rings. The predicted molar refractivity (Wildman–Crippen MR) is 72.2 cm³/mol. The maximum atomic E-state index is 11.8. The molecule has 3 heteroatoms. The maximum absolute atomic E-state index is 11.8. The van der Waals surface area contributed by atoms with Crippen molar-refractivity contribution >= 4 is 25.6 Å². The number of rotatable bonds is 1. The van der Waals surface area contributed by atoms with Crippen molar-refractivity contribution in [2.24, 2.45) is 5.41 Å². The van der Waals surface area contributed by atoms with Gasteiger partial charge in [-0.1, -0.05) is 40.4 Å². The van der Waals surface area contributed by atoms with Crippen LogP contribution in [0.2, 0.25) is 19.6 Å². The Bertz CT molecular complexity index is 246. The molecule has 15 heavy (non-hydrogen) atoms. The second kappa shape index (κ2) is 3.92. The van der Waals surface area contributed by atoms with Crippen molar-refractivity contribution in [3.05, 3.63) is 0 Å². The van der Waals surface area contributed by atoms with Crippen LogP contribution in [0.1, 0.15) is 33.6 Å². The Kier molecular flexibility index (Phi) is 3.47. The lowest BCUT2D eigenvalue weighted by Gasteiger charge is -2.53. The van der Waals surface area contributed by atoms with Gasteiger partial charge in [-0.25, -0.2) is 0 Å². The summed E-state index contributed by atoms with van der Waals surface area (Å²) >= 11 is 2.07. The molecule has 1 atom stereocenters. The first-order valence-electron chi connectivity index (χ1n) is 5.76. The van der Waals surface area contributed by atoms with E-state index >= 15 is 0 Å². The fourth-order valence-corrected chi connectivity index (χ4v) is 9.23. The quantitative estimate of drug-likeness (QED) is 0.654. The third-order valence-corrected chi connectivity index (χ3v) is 10.9. The van der Waals surface area contributed by atoms with Crippen LogP contribution in [-0.2, 0) is 4.79 Å². The molecule has 1 unspecified atom stereocenters. The molecule has 1 heterocycles. The Morgan fingerprint density at radius 2 is 1.80 bits per heavy atom. The van der Waals surface area contributed by atoms with Gasteiger partial charge in [0.25, 0.3) is 0 Å². The molecule has 0 spiro atoms. The van der Waals surface area contributed by atoms with Crippen LogP contribution in [0.5, 0.6) is 0 Å². The van der Waals surface area contributed by atoms with Gasteiger partial charge in [0, 0.05) is 23.0 Å². The van der Waals surface area contributed by atoms with Gasteiger partial charge >= 0.3 is 0 Å². The molecule has 1 rings (SSSR count). The van der Waals surface area contributed by atoms with Crippen molar-refractivity contribution < 1.29 is 4.79 Å². The molecule has 0 N–H and O–H groups in total. The zero-order valence-electron chi connectivity index (χ0n) is 10.9. The molecule has 1 aliphatic rings. The number of carbonyl (C=O) groups excluding carboxylic acids is 1. The molecule has 0 aliphatic carbocycles. The van der Waals surface area contributed by atoms with Gasteiger partial charge in [0.05, 0.1) is 8.07 Å². The monoisotopic (exact) mass is 244 g/mol. The smallest absolute Gasteiger partial charge is 0.134 e. The highest BCUT2D eigenvalue weighted by Crippen LogP contribution is 2.53. The Morgan fingerprint density at radius 3 is 2.07 bits per heavy atom. The van der Waals surface area contributed by atoms with Crippen LogP contribution in [0.15, 0.2) is 0 Å². The van der Waals surface area contributed by atoms with E-state index in [2.05, 4.69) is 52.2 Å². The van der Waals surface area contributed by atoms with Gasteiger partial charge < -0.3 is 0 Å². The van der Waals surface area contributed by atoms with E-state index in [1.54, 1.807) is 0 Å². The Morgan fingerprint density at radius 1 is 1.27 bits per heavy atom. The van der Waals surface area contributed by atoms with E-state index in [0.29, 0.717) is 5.78 Å². The minimum Gasteiger partial charge on any atom is -0.300 e. The van der Waals surface area contributed by atoms with E-state index in [-0.39, 0.29) is 9.79 Å². The summed E-state index contributed by atoms with van der Waals surface area (Å²) in [6.45, 7) is 14.1. The van der Waals surface area contributed by atoms with Gasteiger partial charge in [0.2, 0.25) is 0 Å². The van der Waals surface area contributed by atoms with E-state index in [1.807, 2.05) is 0 Å². The molecule has 0 amide bonds. The first-order valence-corrected chi connectivity index (χ1v) is 10.2. The van der Waals surface area contributed by atoms with E-state index in [9.17, 15) is 4.79 Å². The molecule has 0 aromatic heterocycles. The van der Waals surface area contributed by atoms with Gasteiger partial charge in [-0.05, 0) is 5.41 Å². The summed E-state index contributed by atoms with van der Waals surface area (Å²) in [6, 6.07) is 0. The first kappa shape index (κ1) is 13.3. The number of hydrogen-bond acceptors (Lipinski definition) is 2. The van der Waals surface area contributed by atoms with Crippen molar-refractivity contribution in [2.75, 3.05) is 5.75 Å². The summed E-state index contributed by atoms with van der Waals surface area (Å²) in [4.78, 5) is 11.8. The van der Waals surface area contributed by atoms with Crippen LogP contribution >= 0.6 is 11.8 Å². The lowest BCUT2D eigenvalue weighted by Crippen LogP contribution is -2.60. The van der Waals surface area contributed by atoms with Crippen molar-refractivity contribution in [1.29, 1.82) is 0 Å². The van der Waals surface area contributed by atoms with Gasteiger partial charge in [0.1, 0.15) is 5.78 Å². The van der Waals surface area contributed by atoms with Gasteiger partial charge in [-0.15, -0.1) is 0 Å². The van der Waals surface area contributed by atoms with Crippen molar-refractivity contribution in [3.8, 4) is 0 Å². The maximum Gasteiger partial charge on any atom is 0.134 e. The summed E-state index contributed by atoms with van der Waals surface area (Å²) < 4.78 is 0.231. The molecular formula is C12H24OSSi. The Hall–Kier alpha value is 0.237. The molecule has 1 nitrogen and oxygen atoms in total. The van der Waals surface area contributed by atoms with Crippen LogP contribution < -0.4 is 0 Å². The summed E-state index contributed by atoms with van der Waals surface area (Å²) in [5.74, 6) is 1.51. The SMILES string of the molecule is CC(C)(C)C1([Si](C)(C)C)CC(=O)CCS1. The summed E-state index contributed by atoms with van der Waals surface area (Å²) in [5.41, 5.74) is 0.234. The molecule has 0 aromatic carbocycles. The minimum absolute atomic E-state index is 0.231. The molecule has 0 saturated carbocycles. The fourth-order valence-electron chi connectivity index (χ4n) is 2.84. The zero-order chi connectivity index (χ0) is 11.9. The average molecular weight is 244 g/mol. The summed E-state index contributed by atoms with van der Waals surface area (Å²) in [5, 5.41) is 0. The largest absolute Gasteiger partial charge is 0.300 e. The van der Waals surface area contributed by atoms with E-state index in [1.165, 1.54) is 0 Å². The zero-order valence-corrected chi connectivity index (χ0v) is 12.8. The fraction of sp³-hybridized carbons (Fsp3) is 0.917. The van der Waals surface area contributed by atoms with Crippen LogP contribution in [0, 0.1) is 5.41 Å². The molecular weight excluding hydrogens is 220 g/mol. The van der Waals surface area contributed by atoms with Crippen molar-refractivity contribution in [1.82, 2.24) is 0 Å². The topological polar surface area (TPSA) is 17.1 Å². The van der Waals surface area contributed by atoms with Gasteiger partial charge in [0.15, 0.2) is 0 Å². The summed E-state index contributed by atoms with van der Waals surface area (Å²) in [6.07, 6.45) is 1.59. The number of ketones is 1. The Balaban J connectivity index is 3.13. The van der Waals surface area contributed by atoms with Crippen LogP contribution in [0.25, 0.3) is 0 Å². The lowest BCUT2D eigenvalue weighted by atomic mass is 9.87. The third kappa shape index (κ3) is 2.33. The predicted octanol–water partition coefficient (Wildman–Crippen LogP) is 3.74. The highest BCUT2D eigenvalue weighted by molar-refractivity contribution is 8.02. The number of hydrogen-bond donors (Lipinski definition) is 0. The Labute approximate surface area is 99.4 Å². The van der Waals surface area contributed by atoms with E-state index in [4.69, 9.17) is 0 Å². The van der Waals surface area contributed by atoms with Crippen molar-refractivity contribution in [2.45, 2.75) is 57.6 Å². The lowest BCUT2D eigenvalue weighted by molar-refractivity contribution is -0.119. The minimum atomic E-state index is -1.34. The molecule has 0 bridgehead atoms. The van der Waals surface area contributed by atoms with Gasteiger partial charge in [-0.2, -0.15) is 11.8 Å². The molecule has 0 radical (unpaired) electrons. The second-order valence-electron chi connectivity index (χ2n) is 6.64.